The molecule has 106 valence electrons. The van der Waals surface area contributed by atoms with E-state index in [9.17, 15) is 5.11 Å². The van der Waals surface area contributed by atoms with Crippen molar-refractivity contribution in [1.29, 1.82) is 0 Å². The highest BCUT2D eigenvalue weighted by atomic mass is 16.5. The van der Waals surface area contributed by atoms with E-state index in [1.165, 1.54) is 0 Å². The molecule has 0 saturated carbocycles. The van der Waals surface area contributed by atoms with E-state index >= 15 is 0 Å². The molecule has 0 bridgehead atoms. The highest BCUT2D eigenvalue weighted by molar-refractivity contribution is 4.97. The molecule has 1 aromatic heterocycles. The summed E-state index contributed by atoms with van der Waals surface area (Å²) in [6.45, 7) is 6.42. The number of hydrogen-bond donors (Lipinski definition) is 1. The van der Waals surface area contributed by atoms with Gasteiger partial charge in [-0.1, -0.05) is 5.16 Å². The first-order chi connectivity index (χ1) is 9.21. The van der Waals surface area contributed by atoms with Crippen LogP contribution in [0.4, 0.5) is 0 Å². The van der Waals surface area contributed by atoms with E-state index in [1.54, 1.807) is 0 Å². The Balaban J connectivity index is 1.52. The van der Waals surface area contributed by atoms with Crippen molar-refractivity contribution in [3.63, 3.8) is 0 Å². The van der Waals surface area contributed by atoms with Gasteiger partial charge in [-0.05, 0) is 32.9 Å². The number of piperidine rings is 1. The van der Waals surface area contributed by atoms with Crippen molar-refractivity contribution in [3.05, 3.63) is 11.7 Å². The van der Waals surface area contributed by atoms with Crippen LogP contribution in [0.3, 0.4) is 0 Å². The van der Waals surface area contributed by atoms with Gasteiger partial charge in [0.15, 0.2) is 5.82 Å². The second-order valence-electron chi connectivity index (χ2n) is 5.88. The molecule has 0 aromatic carbocycles. The quantitative estimate of drug-likeness (QED) is 0.859. The average Bonchev–Trinajstić information content (AvgIpc) is 2.81. The average molecular weight is 267 g/mol. The monoisotopic (exact) mass is 267 g/mol. The molecule has 3 rings (SSSR count). The molecular weight excluding hydrogens is 246 g/mol. The molecule has 0 atom stereocenters. The molecule has 6 nitrogen and oxygen atoms in total. The molecule has 1 N–H and O–H groups in total. The van der Waals surface area contributed by atoms with Gasteiger partial charge in [-0.15, -0.1) is 0 Å². The lowest BCUT2D eigenvalue weighted by Gasteiger charge is -2.44. The number of rotatable bonds is 4. The van der Waals surface area contributed by atoms with Crippen LogP contribution in [0.15, 0.2) is 4.52 Å². The summed E-state index contributed by atoms with van der Waals surface area (Å²) in [5, 5.41) is 13.3. The zero-order valence-corrected chi connectivity index (χ0v) is 11.3. The molecule has 2 aliphatic heterocycles. The molecule has 6 heteroatoms. The Kier molecular flexibility index (Phi) is 3.56. The maximum absolute atomic E-state index is 9.46. The van der Waals surface area contributed by atoms with E-state index in [2.05, 4.69) is 15.0 Å². The highest BCUT2D eigenvalue weighted by Crippen LogP contribution is 2.32. The number of aliphatic hydroxyl groups excluding tert-OH is 1. The Morgan fingerprint density at radius 1 is 1.37 bits per heavy atom. The van der Waals surface area contributed by atoms with Crippen LogP contribution in [0.25, 0.3) is 0 Å². The zero-order valence-electron chi connectivity index (χ0n) is 11.3. The molecular formula is C13H21N3O3. The van der Waals surface area contributed by atoms with Gasteiger partial charge in [0.2, 0.25) is 5.89 Å². The number of aliphatic hydroxyl groups is 1. The van der Waals surface area contributed by atoms with Crippen molar-refractivity contribution in [3.8, 4) is 0 Å². The largest absolute Gasteiger partial charge is 0.396 e. The van der Waals surface area contributed by atoms with Crippen LogP contribution in [0.1, 0.15) is 30.5 Å². The SMILES string of the molecule is Cc1noc(C2CCN(CC3(CO)COC3)CC2)n1. The Hall–Kier alpha value is -0.980. The molecule has 2 fully saturated rings. The smallest absolute Gasteiger partial charge is 0.229 e. The van der Waals surface area contributed by atoms with E-state index in [4.69, 9.17) is 9.26 Å². The van der Waals surface area contributed by atoms with Crippen LogP contribution >= 0.6 is 0 Å². The van der Waals surface area contributed by atoms with Gasteiger partial charge in [0.05, 0.1) is 25.2 Å². The lowest BCUT2D eigenvalue weighted by molar-refractivity contribution is -0.149. The first-order valence-corrected chi connectivity index (χ1v) is 6.92. The summed E-state index contributed by atoms with van der Waals surface area (Å²) in [6, 6.07) is 0. The summed E-state index contributed by atoms with van der Waals surface area (Å²) in [5.74, 6) is 1.88. The highest BCUT2D eigenvalue weighted by Gasteiger charge is 2.40. The molecule has 0 radical (unpaired) electrons. The minimum Gasteiger partial charge on any atom is -0.396 e. The Morgan fingerprint density at radius 2 is 2.11 bits per heavy atom. The second-order valence-corrected chi connectivity index (χ2v) is 5.88. The zero-order chi connectivity index (χ0) is 13.3. The van der Waals surface area contributed by atoms with Gasteiger partial charge < -0.3 is 19.3 Å². The summed E-state index contributed by atoms with van der Waals surface area (Å²) in [6.07, 6.45) is 2.09. The fourth-order valence-corrected chi connectivity index (χ4v) is 2.91. The first-order valence-electron chi connectivity index (χ1n) is 6.92. The molecule has 1 aromatic rings. The molecule has 3 heterocycles. The topological polar surface area (TPSA) is 71.6 Å². The fourth-order valence-electron chi connectivity index (χ4n) is 2.91. The van der Waals surface area contributed by atoms with Crippen LogP contribution in [-0.2, 0) is 4.74 Å². The maximum atomic E-state index is 9.46. The number of hydrogen-bond acceptors (Lipinski definition) is 6. The summed E-state index contributed by atoms with van der Waals surface area (Å²) in [5.41, 5.74) is -0.0199. The third kappa shape index (κ3) is 2.66. The first kappa shape index (κ1) is 13.0. The molecule has 0 unspecified atom stereocenters. The van der Waals surface area contributed by atoms with Gasteiger partial charge in [-0.2, -0.15) is 4.98 Å². The normalized spacial score (nSPS) is 24.3. The van der Waals surface area contributed by atoms with E-state index in [0.29, 0.717) is 25.0 Å². The van der Waals surface area contributed by atoms with Gasteiger partial charge >= 0.3 is 0 Å². The predicted molar refractivity (Wildman–Crippen MR) is 67.8 cm³/mol. The van der Waals surface area contributed by atoms with Gasteiger partial charge in [0.25, 0.3) is 0 Å². The minimum atomic E-state index is -0.0199. The van der Waals surface area contributed by atoms with Crippen LogP contribution in [0.2, 0.25) is 0 Å². The Bertz CT molecular complexity index is 417. The number of nitrogens with zero attached hydrogens (tertiary/aromatic N) is 3. The number of aromatic nitrogens is 2. The third-order valence-corrected chi connectivity index (χ3v) is 4.19. The Morgan fingerprint density at radius 3 is 2.58 bits per heavy atom. The van der Waals surface area contributed by atoms with Crippen molar-refractivity contribution in [2.45, 2.75) is 25.7 Å². The molecule has 0 amide bonds. The van der Waals surface area contributed by atoms with Crippen LogP contribution in [0.5, 0.6) is 0 Å². The molecule has 2 aliphatic rings. The number of ether oxygens (including phenoxy) is 1. The van der Waals surface area contributed by atoms with Crippen molar-refractivity contribution >= 4 is 0 Å². The van der Waals surface area contributed by atoms with Gasteiger partial charge in [-0.3, -0.25) is 0 Å². The van der Waals surface area contributed by atoms with Gasteiger partial charge in [0.1, 0.15) is 0 Å². The van der Waals surface area contributed by atoms with Gasteiger partial charge in [0, 0.05) is 12.5 Å². The minimum absolute atomic E-state index is 0.0199. The molecule has 19 heavy (non-hydrogen) atoms. The summed E-state index contributed by atoms with van der Waals surface area (Å²) in [7, 11) is 0. The van der Waals surface area contributed by atoms with E-state index in [0.717, 1.165) is 38.4 Å². The van der Waals surface area contributed by atoms with Crippen molar-refractivity contribution in [2.75, 3.05) is 39.5 Å². The van der Waals surface area contributed by atoms with Crippen molar-refractivity contribution < 1.29 is 14.4 Å². The predicted octanol–water partition coefficient (Wildman–Crippen LogP) is 0.566. The summed E-state index contributed by atoms with van der Waals surface area (Å²) < 4.78 is 10.5. The second kappa shape index (κ2) is 5.19. The van der Waals surface area contributed by atoms with Crippen LogP contribution < -0.4 is 0 Å². The van der Waals surface area contributed by atoms with E-state index in [-0.39, 0.29) is 12.0 Å². The van der Waals surface area contributed by atoms with Crippen molar-refractivity contribution in [1.82, 2.24) is 15.0 Å². The number of likely N-dealkylation sites (tertiary alicyclic amines) is 1. The van der Waals surface area contributed by atoms with Gasteiger partial charge in [-0.25, -0.2) is 0 Å². The molecule has 0 aliphatic carbocycles. The lowest BCUT2D eigenvalue weighted by Crippen LogP contribution is -2.54. The van der Waals surface area contributed by atoms with Crippen molar-refractivity contribution in [2.24, 2.45) is 5.41 Å². The standard InChI is InChI=1S/C13H21N3O3/c1-10-14-12(19-15-10)11-2-4-16(5-3-11)6-13(7-17)8-18-9-13/h11,17H,2-9H2,1H3. The van der Waals surface area contributed by atoms with Crippen LogP contribution in [-0.4, -0.2) is 59.6 Å². The van der Waals surface area contributed by atoms with E-state index in [1.807, 2.05) is 6.92 Å². The molecule has 0 spiro atoms. The molecule has 2 saturated heterocycles. The van der Waals surface area contributed by atoms with Crippen LogP contribution in [0, 0.1) is 12.3 Å². The fraction of sp³-hybridized carbons (Fsp3) is 0.846. The Labute approximate surface area is 112 Å². The maximum Gasteiger partial charge on any atom is 0.229 e. The van der Waals surface area contributed by atoms with E-state index < -0.39 is 0 Å². The summed E-state index contributed by atoms with van der Waals surface area (Å²) in [4.78, 5) is 6.74. The number of aryl methyl sites for hydroxylation is 1. The summed E-state index contributed by atoms with van der Waals surface area (Å²) >= 11 is 0. The lowest BCUT2D eigenvalue weighted by atomic mass is 9.85. The third-order valence-electron chi connectivity index (χ3n) is 4.19.